The fraction of sp³-hybridized carbons (Fsp3) is 0.846. The summed E-state index contributed by atoms with van der Waals surface area (Å²) in [4.78, 5) is 0. The van der Waals surface area contributed by atoms with Crippen molar-refractivity contribution in [2.75, 3.05) is 6.61 Å². The molecule has 4 rings (SSSR count). The second-order valence-corrected chi connectivity index (χ2v) is 5.64. The molecule has 0 aromatic carbocycles. The molecule has 3 fully saturated rings. The van der Waals surface area contributed by atoms with Crippen molar-refractivity contribution in [1.29, 1.82) is 0 Å². The van der Waals surface area contributed by atoms with Gasteiger partial charge < -0.3 is 9.47 Å². The summed E-state index contributed by atoms with van der Waals surface area (Å²) < 4.78 is 12.2. The van der Waals surface area contributed by atoms with Crippen molar-refractivity contribution in [3.8, 4) is 0 Å². The van der Waals surface area contributed by atoms with E-state index in [9.17, 15) is 0 Å². The van der Waals surface area contributed by atoms with Crippen molar-refractivity contribution < 1.29 is 9.47 Å². The van der Waals surface area contributed by atoms with Crippen LogP contribution in [0, 0.1) is 5.41 Å². The number of ether oxygens (including phenoxy) is 2. The molecule has 0 N–H and O–H groups in total. The highest BCUT2D eigenvalue weighted by atomic mass is 16.5. The summed E-state index contributed by atoms with van der Waals surface area (Å²) in [7, 11) is 0. The van der Waals surface area contributed by atoms with Crippen LogP contribution in [-0.2, 0) is 9.47 Å². The van der Waals surface area contributed by atoms with Gasteiger partial charge in [-0.25, -0.2) is 0 Å². The predicted molar refractivity (Wildman–Crippen MR) is 56.6 cm³/mol. The summed E-state index contributed by atoms with van der Waals surface area (Å²) in [6.07, 6.45) is 13.0. The average molecular weight is 206 g/mol. The van der Waals surface area contributed by atoms with Crippen LogP contribution in [0.3, 0.4) is 0 Å². The van der Waals surface area contributed by atoms with Crippen LogP contribution < -0.4 is 0 Å². The Morgan fingerprint density at radius 3 is 2.60 bits per heavy atom. The summed E-state index contributed by atoms with van der Waals surface area (Å²) in [5.41, 5.74) is 0.542. The normalized spacial score (nSPS) is 50.1. The van der Waals surface area contributed by atoms with E-state index < -0.39 is 0 Å². The smallest absolute Gasteiger partial charge is 0.0850 e. The Hall–Kier alpha value is -0.340. The van der Waals surface area contributed by atoms with Gasteiger partial charge in [-0.05, 0) is 25.7 Å². The van der Waals surface area contributed by atoms with E-state index >= 15 is 0 Å². The summed E-state index contributed by atoms with van der Waals surface area (Å²) >= 11 is 0. The SMILES string of the molecule is C1=CC2OC1CC21CCOC12CCCC2. The fourth-order valence-electron chi connectivity index (χ4n) is 4.49. The molecule has 3 unspecified atom stereocenters. The molecule has 0 aromatic rings. The number of rotatable bonds is 0. The molecule has 2 bridgehead atoms. The van der Waals surface area contributed by atoms with E-state index in [4.69, 9.17) is 9.47 Å². The summed E-state index contributed by atoms with van der Waals surface area (Å²) in [5.74, 6) is 0. The maximum atomic E-state index is 6.18. The van der Waals surface area contributed by atoms with Gasteiger partial charge in [-0.3, -0.25) is 0 Å². The van der Waals surface area contributed by atoms with Crippen LogP contribution in [0.1, 0.15) is 38.5 Å². The lowest BCUT2D eigenvalue weighted by Crippen LogP contribution is -2.48. The lowest BCUT2D eigenvalue weighted by Gasteiger charge is -2.42. The second kappa shape index (κ2) is 2.67. The van der Waals surface area contributed by atoms with E-state index in [0.29, 0.717) is 17.6 Å². The van der Waals surface area contributed by atoms with E-state index in [1.54, 1.807) is 0 Å². The summed E-state index contributed by atoms with van der Waals surface area (Å²) in [5, 5.41) is 0. The first-order valence-corrected chi connectivity index (χ1v) is 6.33. The Labute approximate surface area is 90.6 Å². The molecule has 3 atom stereocenters. The Kier molecular flexibility index (Phi) is 1.56. The Morgan fingerprint density at radius 1 is 1.07 bits per heavy atom. The molecule has 82 valence electrons. The van der Waals surface area contributed by atoms with Gasteiger partial charge in [0, 0.05) is 12.0 Å². The van der Waals surface area contributed by atoms with E-state index in [1.807, 2.05) is 0 Å². The van der Waals surface area contributed by atoms with Gasteiger partial charge in [-0.1, -0.05) is 25.0 Å². The Morgan fingerprint density at radius 2 is 1.93 bits per heavy atom. The molecule has 0 radical (unpaired) electrons. The zero-order valence-corrected chi connectivity index (χ0v) is 9.08. The molecule has 1 saturated carbocycles. The number of hydrogen-bond donors (Lipinski definition) is 0. The van der Waals surface area contributed by atoms with E-state index in [0.717, 1.165) is 6.61 Å². The average Bonchev–Trinajstić information content (AvgIpc) is 2.96. The van der Waals surface area contributed by atoms with Gasteiger partial charge in [-0.2, -0.15) is 0 Å². The van der Waals surface area contributed by atoms with Gasteiger partial charge in [-0.15, -0.1) is 0 Å². The number of fused-ring (bicyclic) bond motifs is 4. The van der Waals surface area contributed by atoms with Crippen LogP contribution in [-0.4, -0.2) is 24.4 Å². The maximum Gasteiger partial charge on any atom is 0.0850 e. The van der Waals surface area contributed by atoms with Crippen molar-refractivity contribution in [1.82, 2.24) is 0 Å². The first-order valence-electron chi connectivity index (χ1n) is 6.33. The van der Waals surface area contributed by atoms with Crippen LogP contribution >= 0.6 is 0 Å². The van der Waals surface area contributed by atoms with E-state index in [1.165, 1.54) is 38.5 Å². The zero-order valence-electron chi connectivity index (χ0n) is 9.08. The topological polar surface area (TPSA) is 18.5 Å². The minimum absolute atomic E-state index is 0.192. The van der Waals surface area contributed by atoms with Crippen LogP contribution in [0.5, 0.6) is 0 Å². The van der Waals surface area contributed by atoms with Gasteiger partial charge in [0.2, 0.25) is 0 Å². The van der Waals surface area contributed by atoms with Gasteiger partial charge in [0.25, 0.3) is 0 Å². The van der Waals surface area contributed by atoms with E-state index in [-0.39, 0.29) is 5.60 Å². The van der Waals surface area contributed by atoms with Crippen LogP contribution in [0.4, 0.5) is 0 Å². The fourth-order valence-corrected chi connectivity index (χ4v) is 4.49. The molecule has 2 saturated heterocycles. The van der Waals surface area contributed by atoms with Crippen molar-refractivity contribution in [3.05, 3.63) is 12.2 Å². The van der Waals surface area contributed by atoms with Crippen LogP contribution in [0.2, 0.25) is 0 Å². The largest absolute Gasteiger partial charge is 0.374 e. The van der Waals surface area contributed by atoms with Gasteiger partial charge in [0.15, 0.2) is 0 Å². The zero-order chi connectivity index (χ0) is 9.93. The summed E-state index contributed by atoms with van der Waals surface area (Å²) in [6.45, 7) is 0.959. The highest BCUT2D eigenvalue weighted by molar-refractivity contribution is 5.24. The molecule has 1 aliphatic carbocycles. The van der Waals surface area contributed by atoms with Gasteiger partial charge >= 0.3 is 0 Å². The molecule has 2 spiro atoms. The quantitative estimate of drug-likeness (QED) is 0.567. The molecule has 3 aliphatic heterocycles. The van der Waals surface area contributed by atoms with Crippen LogP contribution in [0.25, 0.3) is 0 Å². The minimum Gasteiger partial charge on any atom is -0.374 e. The van der Waals surface area contributed by atoms with Gasteiger partial charge in [0.05, 0.1) is 17.8 Å². The second-order valence-electron chi connectivity index (χ2n) is 5.64. The van der Waals surface area contributed by atoms with Crippen LogP contribution in [0.15, 0.2) is 12.2 Å². The molecule has 3 heterocycles. The first kappa shape index (κ1) is 8.77. The maximum absolute atomic E-state index is 6.18. The lowest BCUT2D eigenvalue weighted by molar-refractivity contribution is -0.0750. The molecule has 0 amide bonds. The standard InChI is InChI=1S/C13H18O2/c1-2-6-13(5-1)12(7-8-14-13)9-10-3-4-11(12)15-10/h3-4,10-11H,1-2,5-9H2. The molecule has 2 nitrogen and oxygen atoms in total. The number of hydrogen-bond acceptors (Lipinski definition) is 2. The minimum atomic E-state index is 0.192. The molecule has 15 heavy (non-hydrogen) atoms. The highest BCUT2D eigenvalue weighted by Crippen LogP contribution is 2.62. The highest BCUT2D eigenvalue weighted by Gasteiger charge is 2.65. The molecule has 2 heteroatoms. The Bertz CT molecular complexity index is 311. The van der Waals surface area contributed by atoms with Crippen molar-refractivity contribution in [3.63, 3.8) is 0 Å². The first-order chi connectivity index (χ1) is 7.35. The molecular formula is C13H18O2. The third-order valence-corrected chi connectivity index (χ3v) is 5.18. The van der Waals surface area contributed by atoms with E-state index in [2.05, 4.69) is 12.2 Å². The Balaban J connectivity index is 1.78. The molecule has 4 aliphatic rings. The van der Waals surface area contributed by atoms with Crippen molar-refractivity contribution in [2.45, 2.75) is 56.3 Å². The lowest BCUT2D eigenvalue weighted by atomic mass is 9.63. The molecule has 0 aromatic heterocycles. The summed E-state index contributed by atoms with van der Waals surface area (Å²) in [6, 6.07) is 0. The third kappa shape index (κ3) is 0.891. The predicted octanol–water partition coefficient (Wildman–Crippen LogP) is 2.43. The van der Waals surface area contributed by atoms with Crippen molar-refractivity contribution >= 4 is 0 Å². The third-order valence-electron chi connectivity index (χ3n) is 5.18. The monoisotopic (exact) mass is 206 g/mol. The molecular weight excluding hydrogens is 188 g/mol. The van der Waals surface area contributed by atoms with Crippen molar-refractivity contribution in [2.24, 2.45) is 5.41 Å². The van der Waals surface area contributed by atoms with Gasteiger partial charge in [0.1, 0.15) is 0 Å².